The molecule has 1 saturated carbocycles. The van der Waals surface area contributed by atoms with Gasteiger partial charge in [0.05, 0.1) is 11.6 Å². The second-order valence-corrected chi connectivity index (χ2v) is 11.8. The summed E-state index contributed by atoms with van der Waals surface area (Å²) in [5.74, 6) is 0.480. The van der Waals surface area contributed by atoms with Crippen molar-refractivity contribution in [2.75, 3.05) is 6.54 Å². The summed E-state index contributed by atoms with van der Waals surface area (Å²) in [7, 11) is 0. The van der Waals surface area contributed by atoms with Crippen molar-refractivity contribution in [2.24, 2.45) is 17.1 Å². The molecule has 1 saturated heterocycles. The van der Waals surface area contributed by atoms with Gasteiger partial charge < -0.3 is 16.4 Å². The molecule has 1 aliphatic carbocycles. The molecule has 0 aromatic heterocycles. The van der Waals surface area contributed by atoms with Crippen LogP contribution in [0.2, 0.25) is 10.0 Å². The first kappa shape index (κ1) is 24.5. The normalized spacial score (nSPS) is 27.5. The summed E-state index contributed by atoms with van der Waals surface area (Å²) >= 11 is 12.6. The summed E-state index contributed by atoms with van der Waals surface area (Å²) in [6.45, 7) is 7.31. The van der Waals surface area contributed by atoms with E-state index in [9.17, 15) is 4.79 Å². The van der Waals surface area contributed by atoms with Crippen LogP contribution in [0.1, 0.15) is 63.5 Å². The molecule has 0 radical (unpaired) electrons. The summed E-state index contributed by atoms with van der Waals surface area (Å²) in [6.07, 6.45) is 4.41. The van der Waals surface area contributed by atoms with Gasteiger partial charge in [0.15, 0.2) is 0 Å². The molecule has 2 aromatic carbocycles. The van der Waals surface area contributed by atoms with Gasteiger partial charge in [0.2, 0.25) is 5.91 Å². The number of carbonyl (C=O) groups excluding carboxylic acids is 1. The van der Waals surface area contributed by atoms with E-state index in [2.05, 4.69) is 31.4 Å². The molecule has 4 N–H and O–H groups in total. The maximum atomic E-state index is 13.5. The van der Waals surface area contributed by atoms with Crippen LogP contribution in [0.4, 0.5) is 0 Å². The van der Waals surface area contributed by atoms with E-state index in [0.29, 0.717) is 16.6 Å². The Balaban J connectivity index is 1.76. The zero-order valence-electron chi connectivity index (χ0n) is 19.7. The third-order valence-corrected chi connectivity index (χ3v) is 7.49. The van der Waals surface area contributed by atoms with Crippen LogP contribution in [-0.4, -0.2) is 24.5 Å². The number of nitrogens with one attached hydrogen (secondary N) is 2. The van der Waals surface area contributed by atoms with Crippen molar-refractivity contribution in [3.63, 3.8) is 0 Å². The van der Waals surface area contributed by atoms with Crippen LogP contribution < -0.4 is 16.4 Å². The monoisotopic (exact) mass is 487 g/mol. The molecule has 4 nitrogen and oxygen atoms in total. The fourth-order valence-electron chi connectivity index (χ4n) is 5.21. The average molecular weight is 489 g/mol. The highest BCUT2D eigenvalue weighted by atomic mass is 35.5. The first-order valence-electron chi connectivity index (χ1n) is 11.9. The first-order chi connectivity index (χ1) is 15.6. The predicted molar refractivity (Wildman–Crippen MR) is 137 cm³/mol. The van der Waals surface area contributed by atoms with Crippen molar-refractivity contribution >= 4 is 29.1 Å². The van der Waals surface area contributed by atoms with Gasteiger partial charge in [0.25, 0.3) is 0 Å². The molecule has 2 aliphatic rings. The minimum absolute atomic E-state index is 0.000762. The van der Waals surface area contributed by atoms with Crippen LogP contribution >= 0.6 is 23.2 Å². The summed E-state index contributed by atoms with van der Waals surface area (Å²) < 4.78 is 0. The van der Waals surface area contributed by atoms with E-state index >= 15 is 0 Å². The molecule has 33 heavy (non-hydrogen) atoms. The van der Waals surface area contributed by atoms with Gasteiger partial charge in [-0.2, -0.15) is 0 Å². The van der Waals surface area contributed by atoms with E-state index in [-0.39, 0.29) is 23.3 Å². The molecule has 4 unspecified atom stereocenters. The van der Waals surface area contributed by atoms with Crippen molar-refractivity contribution in [1.29, 1.82) is 0 Å². The fourth-order valence-corrected chi connectivity index (χ4v) is 5.54. The Morgan fingerprint density at radius 1 is 1.12 bits per heavy atom. The topological polar surface area (TPSA) is 67.2 Å². The molecule has 0 bridgehead atoms. The number of benzene rings is 2. The van der Waals surface area contributed by atoms with Crippen LogP contribution in [0.25, 0.3) is 0 Å². The maximum Gasteiger partial charge on any atom is 0.237 e. The smallest absolute Gasteiger partial charge is 0.237 e. The summed E-state index contributed by atoms with van der Waals surface area (Å²) in [4.78, 5) is 13.5. The van der Waals surface area contributed by atoms with Crippen molar-refractivity contribution < 1.29 is 4.79 Å². The largest absolute Gasteiger partial charge is 0.355 e. The van der Waals surface area contributed by atoms with Crippen LogP contribution in [0.3, 0.4) is 0 Å². The van der Waals surface area contributed by atoms with Crippen LogP contribution in [-0.2, 0) is 10.3 Å². The summed E-state index contributed by atoms with van der Waals surface area (Å²) in [5.41, 5.74) is 8.52. The fraction of sp³-hybridized carbons (Fsp3) is 0.519. The van der Waals surface area contributed by atoms with E-state index in [1.807, 2.05) is 48.5 Å². The molecule has 1 amide bonds. The van der Waals surface area contributed by atoms with E-state index < -0.39 is 11.6 Å². The lowest BCUT2D eigenvalue weighted by Gasteiger charge is -2.39. The lowest BCUT2D eigenvalue weighted by molar-refractivity contribution is -0.123. The Kier molecular flexibility index (Phi) is 7.12. The maximum absolute atomic E-state index is 13.5. The van der Waals surface area contributed by atoms with Gasteiger partial charge in [-0.3, -0.25) is 4.79 Å². The van der Waals surface area contributed by atoms with Gasteiger partial charge in [-0.15, -0.1) is 0 Å². The number of halogens is 2. The second-order valence-electron chi connectivity index (χ2n) is 11.0. The van der Waals surface area contributed by atoms with Crippen molar-refractivity contribution in [3.8, 4) is 0 Å². The highest BCUT2D eigenvalue weighted by molar-refractivity contribution is 6.30. The molecule has 2 aromatic rings. The molecular formula is C27H35Cl2N3O. The SMILES string of the molecule is CC(C)(C)CC1NC(C(=O)NCCC2CC2)C(c2cccc(Cl)c2)C1(N)c1ccc(Cl)cc1. The third kappa shape index (κ3) is 5.57. The predicted octanol–water partition coefficient (Wildman–Crippen LogP) is 5.62. The van der Waals surface area contributed by atoms with Gasteiger partial charge in [-0.1, -0.05) is 81.1 Å². The molecule has 2 fully saturated rings. The molecule has 0 spiro atoms. The van der Waals surface area contributed by atoms with Crippen molar-refractivity contribution in [2.45, 2.75) is 70.0 Å². The van der Waals surface area contributed by atoms with Crippen LogP contribution in [0.15, 0.2) is 48.5 Å². The molecule has 4 atom stereocenters. The standard InChI is InChI=1S/C27H35Cl2N3O/c1-26(2,3)16-22-27(30,19-9-11-20(28)12-10-19)23(18-5-4-6-21(29)15-18)24(32-22)25(33)31-14-13-17-7-8-17/h4-6,9-12,15,17,22-24,32H,7-8,13-14,16,30H2,1-3H3,(H,31,33). The minimum atomic E-state index is -0.818. The Morgan fingerprint density at radius 2 is 1.82 bits per heavy atom. The number of rotatable bonds is 7. The number of hydrogen-bond acceptors (Lipinski definition) is 3. The number of carbonyl (C=O) groups is 1. The van der Waals surface area contributed by atoms with E-state index in [0.717, 1.165) is 29.9 Å². The third-order valence-electron chi connectivity index (χ3n) is 7.01. The Morgan fingerprint density at radius 3 is 2.42 bits per heavy atom. The summed E-state index contributed by atoms with van der Waals surface area (Å²) in [5, 5.41) is 8.14. The highest BCUT2D eigenvalue weighted by Gasteiger charge is 2.56. The van der Waals surface area contributed by atoms with Crippen LogP contribution in [0.5, 0.6) is 0 Å². The highest BCUT2D eigenvalue weighted by Crippen LogP contribution is 2.48. The molecular weight excluding hydrogens is 453 g/mol. The Labute approximate surface area is 207 Å². The van der Waals surface area contributed by atoms with Gasteiger partial charge in [-0.05, 0) is 59.6 Å². The van der Waals surface area contributed by atoms with Crippen molar-refractivity contribution in [1.82, 2.24) is 10.6 Å². The van der Waals surface area contributed by atoms with E-state index in [1.165, 1.54) is 12.8 Å². The summed E-state index contributed by atoms with van der Waals surface area (Å²) in [6, 6.07) is 14.9. The molecule has 1 aliphatic heterocycles. The Bertz CT molecular complexity index is 984. The van der Waals surface area contributed by atoms with Gasteiger partial charge >= 0.3 is 0 Å². The molecule has 1 heterocycles. The lowest BCUT2D eigenvalue weighted by Crippen LogP contribution is -2.51. The first-order valence-corrected chi connectivity index (χ1v) is 12.7. The second kappa shape index (κ2) is 9.58. The Hall–Kier alpha value is -1.59. The minimum Gasteiger partial charge on any atom is -0.355 e. The van der Waals surface area contributed by atoms with Crippen molar-refractivity contribution in [3.05, 3.63) is 69.7 Å². The van der Waals surface area contributed by atoms with E-state index in [4.69, 9.17) is 28.9 Å². The van der Waals surface area contributed by atoms with Crippen LogP contribution in [0, 0.1) is 11.3 Å². The van der Waals surface area contributed by atoms with Gasteiger partial charge in [0, 0.05) is 28.5 Å². The number of hydrogen-bond donors (Lipinski definition) is 3. The molecule has 178 valence electrons. The van der Waals surface area contributed by atoms with E-state index in [1.54, 1.807) is 0 Å². The molecule has 4 rings (SSSR count). The van der Waals surface area contributed by atoms with Gasteiger partial charge in [0.1, 0.15) is 0 Å². The lowest BCUT2D eigenvalue weighted by atomic mass is 9.68. The van der Waals surface area contributed by atoms with Gasteiger partial charge in [-0.25, -0.2) is 0 Å². The molecule has 6 heteroatoms. The average Bonchev–Trinajstić information content (AvgIpc) is 3.51. The zero-order valence-corrected chi connectivity index (χ0v) is 21.2. The number of nitrogens with two attached hydrogens (primary N) is 1. The number of amides is 1. The quantitative estimate of drug-likeness (QED) is 0.474. The zero-order chi connectivity index (χ0) is 23.8.